The number of amides is 2. The highest BCUT2D eigenvalue weighted by atomic mass is 16.2. The highest BCUT2D eigenvalue weighted by molar-refractivity contribution is 5.89. The van der Waals surface area contributed by atoms with E-state index in [4.69, 9.17) is 0 Å². The van der Waals surface area contributed by atoms with Gasteiger partial charge in [-0.2, -0.15) is 20.1 Å². The average molecular weight is 325 g/mol. The summed E-state index contributed by atoms with van der Waals surface area (Å²) in [5, 5.41) is 18.0. The Balaban J connectivity index is 1.48. The van der Waals surface area contributed by atoms with E-state index in [1.54, 1.807) is 17.2 Å². The van der Waals surface area contributed by atoms with Gasteiger partial charge in [-0.25, -0.2) is 4.79 Å². The maximum Gasteiger partial charge on any atom is 0.319 e. The molecule has 124 valence electrons. The summed E-state index contributed by atoms with van der Waals surface area (Å²) in [6.07, 6.45) is 5.31. The number of hydrogen-bond donors (Lipinski definition) is 2. The van der Waals surface area contributed by atoms with Gasteiger partial charge in [-0.3, -0.25) is 4.68 Å². The Kier molecular flexibility index (Phi) is 4.85. The van der Waals surface area contributed by atoms with Crippen molar-refractivity contribution in [2.45, 2.75) is 26.6 Å². The van der Waals surface area contributed by atoms with Crippen LogP contribution in [0.5, 0.6) is 0 Å². The van der Waals surface area contributed by atoms with Gasteiger partial charge in [-0.05, 0) is 30.7 Å². The summed E-state index contributed by atoms with van der Waals surface area (Å²) in [6, 6.07) is 9.27. The molecule has 0 fully saturated rings. The molecule has 2 aromatic heterocycles. The first-order valence-corrected chi connectivity index (χ1v) is 7.73. The summed E-state index contributed by atoms with van der Waals surface area (Å²) < 4.78 is 1.85. The zero-order chi connectivity index (χ0) is 16.8. The molecule has 0 unspecified atom stereocenters. The fraction of sp³-hybridized carbons (Fsp3) is 0.250. The number of carbonyl (C=O) groups is 1. The molecule has 0 saturated carbocycles. The van der Waals surface area contributed by atoms with E-state index >= 15 is 0 Å². The number of benzene rings is 1. The molecule has 0 radical (unpaired) electrons. The molecule has 8 nitrogen and oxygen atoms in total. The number of carbonyl (C=O) groups excluding carboxylic acids is 1. The first kappa shape index (κ1) is 15.7. The van der Waals surface area contributed by atoms with E-state index in [-0.39, 0.29) is 6.03 Å². The summed E-state index contributed by atoms with van der Waals surface area (Å²) in [4.78, 5) is 13.5. The minimum Gasteiger partial charge on any atom is -0.332 e. The number of aryl methyl sites for hydroxylation is 1. The number of hydrogen-bond acceptors (Lipinski definition) is 4. The predicted octanol–water partition coefficient (Wildman–Crippen LogP) is 1.86. The monoisotopic (exact) mass is 325 g/mol. The lowest BCUT2D eigenvalue weighted by molar-refractivity contribution is 0.251. The molecule has 0 atom stereocenters. The van der Waals surface area contributed by atoms with Crippen LogP contribution in [-0.2, 0) is 19.6 Å². The van der Waals surface area contributed by atoms with Crippen molar-refractivity contribution in [3.63, 3.8) is 0 Å². The summed E-state index contributed by atoms with van der Waals surface area (Å²) in [5.74, 6) is 0. The van der Waals surface area contributed by atoms with Gasteiger partial charge in [0.05, 0.1) is 25.8 Å². The Hall–Kier alpha value is -3.16. The van der Waals surface area contributed by atoms with Crippen LogP contribution < -0.4 is 10.6 Å². The van der Waals surface area contributed by atoms with E-state index in [1.807, 2.05) is 48.1 Å². The number of urea groups is 1. The van der Waals surface area contributed by atoms with Crippen LogP contribution in [0.4, 0.5) is 10.5 Å². The fourth-order valence-electron chi connectivity index (χ4n) is 2.19. The highest BCUT2D eigenvalue weighted by Crippen LogP contribution is 2.10. The number of anilines is 1. The second-order valence-corrected chi connectivity index (χ2v) is 5.23. The minimum absolute atomic E-state index is 0.277. The molecule has 24 heavy (non-hydrogen) atoms. The van der Waals surface area contributed by atoms with E-state index in [2.05, 4.69) is 25.9 Å². The summed E-state index contributed by atoms with van der Waals surface area (Å²) in [7, 11) is 0. The van der Waals surface area contributed by atoms with Crippen LogP contribution in [0.2, 0.25) is 0 Å². The fourth-order valence-corrected chi connectivity index (χ4v) is 2.19. The van der Waals surface area contributed by atoms with Crippen molar-refractivity contribution in [1.29, 1.82) is 0 Å². The molecule has 0 aliphatic carbocycles. The number of nitrogens with zero attached hydrogens (tertiary/aromatic N) is 5. The molecule has 3 aromatic rings. The largest absolute Gasteiger partial charge is 0.332 e. The predicted molar refractivity (Wildman–Crippen MR) is 89.3 cm³/mol. The summed E-state index contributed by atoms with van der Waals surface area (Å²) in [5.41, 5.74) is 2.57. The van der Waals surface area contributed by atoms with Crippen molar-refractivity contribution in [2.75, 3.05) is 5.32 Å². The Morgan fingerprint density at radius 1 is 1.21 bits per heavy atom. The van der Waals surface area contributed by atoms with Crippen molar-refractivity contribution < 1.29 is 4.79 Å². The summed E-state index contributed by atoms with van der Waals surface area (Å²) >= 11 is 0. The topological polar surface area (TPSA) is 89.7 Å². The third-order valence-corrected chi connectivity index (χ3v) is 3.41. The second kappa shape index (κ2) is 7.40. The quantitative estimate of drug-likeness (QED) is 0.724. The lowest BCUT2D eigenvalue weighted by Crippen LogP contribution is -2.28. The van der Waals surface area contributed by atoms with Gasteiger partial charge in [0, 0.05) is 18.1 Å². The molecule has 1 aromatic carbocycles. The lowest BCUT2D eigenvalue weighted by atomic mass is 10.2. The summed E-state index contributed by atoms with van der Waals surface area (Å²) in [6.45, 7) is 3.70. The molecule has 2 heterocycles. The first-order valence-electron chi connectivity index (χ1n) is 7.73. The van der Waals surface area contributed by atoms with E-state index in [9.17, 15) is 4.79 Å². The Morgan fingerprint density at radius 2 is 2.04 bits per heavy atom. The smallest absolute Gasteiger partial charge is 0.319 e. The molecule has 0 spiro atoms. The average Bonchev–Trinajstić information content (AvgIpc) is 3.26. The standard InChI is InChI=1S/C16H19N7O/c1-2-23-19-11-15(21-23)10-17-16(24)20-14-6-4-13(5-7-14)12-22-9-3-8-18-22/h3-9,11H,2,10,12H2,1H3,(H2,17,20,24). The van der Waals surface area contributed by atoms with Gasteiger partial charge < -0.3 is 10.6 Å². The van der Waals surface area contributed by atoms with Crippen LogP contribution in [0.3, 0.4) is 0 Å². The third-order valence-electron chi connectivity index (χ3n) is 3.41. The maximum absolute atomic E-state index is 11.9. The molecule has 0 bridgehead atoms. The zero-order valence-electron chi connectivity index (χ0n) is 13.4. The molecule has 0 aliphatic rings. The van der Waals surface area contributed by atoms with Crippen LogP contribution in [-0.4, -0.2) is 30.8 Å². The molecule has 8 heteroatoms. The second-order valence-electron chi connectivity index (χ2n) is 5.23. The molecule has 2 amide bonds. The molecule has 0 saturated heterocycles. The lowest BCUT2D eigenvalue weighted by Gasteiger charge is -2.07. The van der Waals surface area contributed by atoms with Crippen molar-refractivity contribution in [1.82, 2.24) is 30.1 Å². The van der Waals surface area contributed by atoms with Gasteiger partial charge in [0.25, 0.3) is 0 Å². The number of nitrogens with one attached hydrogen (secondary N) is 2. The molecule has 3 rings (SSSR count). The van der Waals surface area contributed by atoms with E-state index in [0.717, 1.165) is 16.9 Å². The molecular formula is C16H19N7O. The van der Waals surface area contributed by atoms with Crippen LogP contribution in [0.25, 0.3) is 0 Å². The number of rotatable bonds is 6. The van der Waals surface area contributed by atoms with Crippen molar-refractivity contribution >= 4 is 11.7 Å². The van der Waals surface area contributed by atoms with Crippen molar-refractivity contribution in [3.8, 4) is 0 Å². The van der Waals surface area contributed by atoms with Gasteiger partial charge >= 0.3 is 6.03 Å². The number of aromatic nitrogens is 5. The minimum atomic E-state index is -0.277. The van der Waals surface area contributed by atoms with E-state index in [0.29, 0.717) is 19.6 Å². The third kappa shape index (κ3) is 4.19. The molecule has 0 aliphatic heterocycles. The Bertz CT molecular complexity index is 777. The van der Waals surface area contributed by atoms with Gasteiger partial charge in [-0.1, -0.05) is 12.1 Å². The maximum atomic E-state index is 11.9. The van der Waals surface area contributed by atoms with Gasteiger partial charge in [0.2, 0.25) is 0 Å². The van der Waals surface area contributed by atoms with Crippen LogP contribution in [0.1, 0.15) is 18.2 Å². The van der Waals surface area contributed by atoms with Gasteiger partial charge in [-0.15, -0.1) is 0 Å². The van der Waals surface area contributed by atoms with E-state index < -0.39 is 0 Å². The van der Waals surface area contributed by atoms with Gasteiger partial charge in [0.1, 0.15) is 5.69 Å². The Labute approximate surface area is 139 Å². The highest BCUT2D eigenvalue weighted by Gasteiger charge is 2.04. The SMILES string of the molecule is CCn1ncc(CNC(=O)Nc2ccc(Cn3cccn3)cc2)n1. The van der Waals surface area contributed by atoms with Crippen LogP contribution >= 0.6 is 0 Å². The van der Waals surface area contributed by atoms with Crippen LogP contribution in [0.15, 0.2) is 48.9 Å². The van der Waals surface area contributed by atoms with E-state index in [1.165, 1.54) is 0 Å². The molecular weight excluding hydrogens is 306 g/mol. The Morgan fingerprint density at radius 3 is 2.71 bits per heavy atom. The van der Waals surface area contributed by atoms with Crippen molar-refractivity contribution in [3.05, 3.63) is 60.2 Å². The van der Waals surface area contributed by atoms with Crippen molar-refractivity contribution in [2.24, 2.45) is 0 Å². The van der Waals surface area contributed by atoms with Gasteiger partial charge in [0.15, 0.2) is 0 Å². The zero-order valence-corrected chi connectivity index (χ0v) is 13.4. The van der Waals surface area contributed by atoms with Crippen LogP contribution in [0, 0.1) is 0 Å². The normalized spacial score (nSPS) is 10.5. The molecule has 2 N–H and O–H groups in total. The first-order chi connectivity index (χ1) is 11.7.